The van der Waals surface area contributed by atoms with E-state index in [1.807, 2.05) is 0 Å². The Morgan fingerprint density at radius 1 is 1.30 bits per heavy atom. The molecule has 0 bridgehead atoms. The summed E-state index contributed by atoms with van der Waals surface area (Å²) in [6, 6.07) is 8.09. The molecule has 1 fully saturated rings. The number of carbonyl (C=O) groups is 1. The zero-order valence-corrected chi connectivity index (χ0v) is 14.3. The molecule has 1 atom stereocenters. The number of rotatable bonds is 4. The first-order valence-electron chi connectivity index (χ1n) is 8.46. The van der Waals surface area contributed by atoms with Crippen molar-refractivity contribution in [1.82, 2.24) is 20.2 Å². The van der Waals surface area contributed by atoms with Crippen molar-refractivity contribution in [2.75, 3.05) is 11.4 Å². The van der Waals surface area contributed by atoms with Crippen LogP contribution in [0.15, 0.2) is 42.7 Å². The number of nitrogens with one attached hydrogen (secondary N) is 1. The van der Waals surface area contributed by atoms with E-state index in [9.17, 15) is 9.18 Å². The summed E-state index contributed by atoms with van der Waals surface area (Å²) in [5, 5.41) is 7.00. The van der Waals surface area contributed by atoms with E-state index in [2.05, 4.69) is 25.0 Å². The van der Waals surface area contributed by atoms with E-state index in [0.29, 0.717) is 36.7 Å². The molecule has 1 aromatic carbocycles. The highest BCUT2D eigenvalue weighted by Crippen LogP contribution is 2.28. The third-order valence-electron chi connectivity index (χ3n) is 4.60. The second kappa shape index (κ2) is 6.96. The van der Waals surface area contributed by atoms with Gasteiger partial charge in [0, 0.05) is 30.4 Å². The Labute approximate surface area is 154 Å². The summed E-state index contributed by atoms with van der Waals surface area (Å²) in [4.78, 5) is 25.8. The lowest BCUT2D eigenvalue weighted by atomic mass is 9.98. The molecule has 1 amide bonds. The molecular formula is C19H15FN6O. The van der Waals surface area contributed by atoms with Gasteiger partial charge in [0.2, 0.25) is 11.6 Å². The number of hydrogen-bond donors (Lipinski definition) is 1. The fourth-order valence-corrected chi connectivity index (χ4v) is 3.19. The van der Waals surface area contributed by atoms with E-state index >= 15 is 0 Å². The van der Waals surface area contributed by atoms with Gasteiger partial charge in [0.15, 0.2) is 5.82 Å². The van der Waals surface area contributed by atoms with Crippen molar-refractivity contribution in [3.05, 3.63) is 65.5 Å². The third-order valence-corrected chi connectivity index (χ3v) is 4.60. The van der Waals surface area contributed by atoms with Crippen LogP contribution in [0.5, 0.6) is 0 Å². The fourth-order valence-electron chi connectivity index (χ4n) is 3.19. The molecule has 8 heteroatoms. The normalized spacial score (nSPS) is 16.5. The van der Waals surface area contributed by atoms with Crippen LogP contribution in [0.2, 0.25) is 0 Å². The standard InChI is InChI=1S/C19H15FN6O/c1-21-16-3-2-12(11-15(16)20)10-14-6-9-26(18(14)27)19-23-17(24-25-19)13-4-7-22-8-5-13/h2-5,7-8,11,14H,6,9-10H2,(H,23,24,25)/t14-/m1/s1. The van der Waals surface area contributed by atoms with Crippen molar-refractivity contribution in [2.45, 2.75) is 12.8 Å². The van der Waals surface area contributed by atoms with E-state index in [4.69, 9.17) is 6.57 Å². The molecule has 0 radical (unpaired) electrons. The minimum Gasteiger partial charge on any atom is -0.279 e. The van der Waals surface area contributed by atoms with Crippen molar-refractivity contribution in [3.63, 3.8) is 0 Å². The maximum Gasteiger partial charge on any atom is 0.251 e. The summed E-state index contributed by atoms with van der Waals surface area (Å²) in [5.41, 5.74) is 1.53. The number of nitrogens with zero attached hydrogens (tertiary/aromatic N) is 5. The molecule has 1 aliphatic heterocycles. The summed E-state index contributed by atoms with van der Waals surface area (Å²) < 4.78 is 13.8. The molecule has 4 rings (SSSR count). The molecule has 134 valence electrons. The molecule has 0 unspecified atom stereocenters. The predicted molar refractivity (Wildman–Crippen MR) is 96.4 cm³/mol. The van der Waals surface area contributed by atoms with Gasteiger partial charge in [-0.05, 0) is 36.6 Å². The van der Waals surface area contributed by atoms with Crippen LogP contribution >= 0.6 is 0 Å². The average Bonchev–Trinajstić information content (AvgIpc) is 3.30. The highest BCUT2D eigenvalue weighted by Gasteiger charge is 2.34. The summed E-state index contributed by atoms with van der Waals surface area (Å²) >= 11 is 0. The molecule has 27 heavy (non-hydrogen) atoms. The second-order valence-corrected chi connectivity index (χ2v) is 6.30. The van der Waals surface area contributed by atoms with Gasteiger partial charge in [0.25, 0.3) is 5.95 Å². The molecule has 3 aromatic rings. The minimum atomic E-state index is -0.555. The summed E-state index contributed by atoms with van der Waals surface area (Å²) in [6.07, 6.45) is 4.39. The molecule has 3 heterocycles. The van der Waals surface area contributed by atoms with Crippen LogP contribution in [0.3, 0.4) is 0 Å². The van der Waals surface area contributed by atoms with E-state index < -0.39 is 5.82 Å². The number of pyridine rings is 1. The number of aromatic amines is 1. The molecular weight excluding hydrogens is 347 g/mol. The van der Waals surface area contributed by atoms with Gasteiger partial charge < -0.3 is 0 Å². The van der Waals surface area contributed by atoms with Crippen molar-refractivity contribution in [3.8, 4) is 11.4 Å². The number of anilines is 1. The summed E-state index contributed by atoms with van der Waals surface area (Å²) in [5.74, 6) is 0.0149. The van der Waals surface area contributed by atoms with Crippen LogP contribution in [0, 0.1) is 18.3 Å². The third kappa shape index (κ3) is 3.27. The average molecular weight is 362 g/mol. The van der Waals surface area contributed by atoms with Crippen molar-refractivity contribution in [2.24, 2.45) is 5.92 Å². The molecule has 7 nitrogen and oxygen atoms in total. The molecule has 0 aliphatic carbocycles. The first-order valence-corrected chi connectivity index (χ1v) is 8.46. The zero-order valence-electron chi connectivity index (χ0n) is 14.3. The van der Waals surface area contributed by atoms with Gasteiger partial charge in [-0.25, -0.2) is 9.24 Å². The van der Waals surface area contributed by atoms with Gasteiger partial charge in [-0.2, -0.15) is 4.98 Å². The molecule has 0 spiro atoms. The fraction of sp³-hybridized carbons (Fsp3) is 0.211. The van der Waals surface area contributed by atoms with E-state index in [1.165, 1.54) is 12.1 Å². The van der Waals surface area contributed by atoms with Crippen LogP contribution in [0.1, 0.15) is 12.0 Å². The number of carbonyl (C=O) groups excluding carboxylic acids is 1. The molecule has 1 aliphatic rings. The SMILES string of the molecule is [C-]#[N+]c1ccc(C[C@H]2CCN(c3n[nH]c(-c4ccncc4)n3)C2=O)cc1F. The largest absolute Gasteiger partial charge is 0.279 e. The van der Waals surface area contributed by atoms with Crippen molar-refractivity contribution < 1.29 is 9.18 Å². The summed E-state index contributed by atoms with van der Waals surface area (Å²) in [6.45, 7) is 7.41. The Balaban J connectivity index is 1.48. The Morgan fingerprint density at radius 3 is 2.85 bits per heavy atom. The topological polar surface area (TPSA) is 79.1 Å². The van der Waals surface area contributed by atoms with Gasteiger partial charge in [-0.3, -0.25) is 19.8 Å². The Hall–Kier alpha value is -3.60. The van der Waals surface area contributed by atoms with Crippen LogP contribution in [-0.2, 0) is 11.2 Å². The van der Waals surface area contributed by atoms with E-state index in [-0.39, 0.29) is 17.5 Å². The lowest BCUT2D eigenvalue weighted by molar-refractivity contribution is -0.120. The zero-order chi connectivity index (χ0) is 18.8. The van der Waals surface area contributed by atoms with Crippen LogP contribution in [0.25, 0.3) is 16.2 Å². The van der Waals surface area contributed by atoms with Crippen LogP contribution < -0.4 is 4.90 Å². The van der Waals surface area contributed by atoms with Gasteiger partial charge >= 0.3 is 0 Å². The maximum atomic E-state index is 13.8. The summed E-state index contributed by atoms with van der Waals surface area (Å²) in [7, 11) is 0. The number of benzene rings is 1. The highest BCUT2D eigenvalue weighted by molar-refractivity contribution is 5.95. The van der Waals surface area contributed by atoms with Gasteiger partial charge in [-0.1, -0.05) is 12.1 Å². The van der Waals surface area contributed by atoms with E-state index in [1.54, 1.807) is 35.5 Å². The van der Waals surface area contributed by atoms with Gasteiger partial charge in [0.1, 0.15) is 5.82 Å². The lowest BCUT2D eigenvalue weighted by Gasteiger charge is -2.12. The highest BCUT2D eigenvalue weighted by atomic mass is 19.1. The number of H-pyrrole nitrogens is 1. The number of amides is 1. The first kappa shape index (κ1) is 16.8. The second-order valence-electron chi connectivity index (χ2n) is 6.30. The van der Waals surface area contributed by atoms with Crippen molar-refractivity contribution in [1.29, 1.82) is 0 Å². The maximum absolute atomic E-state index is 13.8. The lowest BCUT2D eigenvalue weighted by Crippen LogP contribution is -2.28. The number of aromatic nitrogens is 4. The smallest absolute Gasteiger partial charge is 0.251 e. The van der Waals surface area contributed by atoms with Crippen LogP contribution in [-0.4, -0.2) is 32.6 Å². The Kier molecular flexibility index (Phi) is 4.34. The predicted octanol–water partition coefficient (Wildman–Crippen LogP) is 3.15. The quantitative estimate of drug-likeness (QED) is 0.723. The monoisotopic (exact) mass is 362 g/mol. The molecule has 1 N–H and O–H groups in total. The van der Waals surface area contributed by atoms with Crippen LogP contribution in [0.4, 0.5) is 16.0 Å². The number of halogens is 1. The molecule has 0 saturated carbocycles. The van der Waals surface area contributed by atoms with Gasteiger partial charge in [-0.15, -0.1) is 5.10 Å². The molecule has 1 saturated heterocycles. The molecule has 2 aromatic heterocycles. The minimum absolute atomic E-state index is 0.0116. The van der Waals surface area contributed by atoms with Crippen molar-refractivity contribution >= 4 is 17.5 Å². The Bertz CT molecular complexity index is 1030. The number of hydrogen-bond acceptors (Lipinski definition) is 4. The van der Waals surface area contributed by atoms with E-state index in [0.717, 1.165) is 5.56 Å². The van der Waals surface area contributed by atoms with Gasteiger partial charge in [0.05, 0.1) is 6.57 Å². The Morgan fingerprint density at radius 2 is 2.11 bits per heavy atom. The first-order chi connectivity index (χ1) is 13.2.